The molecule has 2 aliphatic carbocycles. The van der Waals surface area contributed by atoms with Crippen LogP contribution in [0.25, 0.3) is 11.1 Å². The fourth-order valence-corrected chi connectivity index (χ4v) is 3.35. The Labute approximate surface area is 184 Å². The van der Waals surface area contributed by atoms with E-state index < -0.39 is 5.97 Å². The van der Waals surface area contributed by atoms with Crippen molar-refractivity contribution >= 4 is 33.5 Å². The predicted molar refractivity (Wildman–Crippen MR) is 120 cm³/mol. The Morgan fingerprint density at radius 2 is 1.70 bits per heavy atom. The number of esters is 1. The van der Waals surface area contributed by atoms with Gasteiger partial charge in [-0.3, -0.25) is 4.79 Å². The van der Waals surface area contributed by atoms with Gasteiger partial charge in [-0.1, -0.05) is 70.5 Å². The van der Waals surface area contributed by atoms with Crippen molar-refractivity contribution in [3.8, 4) is 11.1 Å². The molecule has 0 saturated carbocycles. The molecule has 1 amide bonds. The molecule has 0 unspecified atom stereocenters. The van der Waals surface area contributed by atoms with Crippen LogP contribution in [0.3, 0.4) is 0 Å². The zero-order valence-corrected chi connectivity index (χ0v) is 18.1. The summed E-state index contributed by atoms with van der Waals surface area (Å²) in [5.74, 6) is -0.786. The lowest BCUT2D eigenvalue weighted by atomic mass is 9.94. The number of carbonyl (C=O) groups excluding carboxylic acids is 2. The van der Waals surface area contributed by atoms with Gasteiger partial charge >= 0.3 is 5.97 Å². The minimum Gasteiger partial charge on any atom is -0.462 e. The summed E-state index contributed by atoms with van der Waals surface area (Å²) in [5.41, 5.74) is 4.52. The Kier molecular flexibility index (Phi) is 7.76. The van der Waals surface area contributed by atoms with Gasteiger partial charge in [0.05, 0.1) is 24.5 Å². The second-order valence-corrected chi connectivity index (χ2v) is 7.34. The molecule has 0 aromatic heterocycles. The Balaban J connectivity index is 0.000000302. The van der Waals surface area contributed by atoms with E-state index in [-0.39, 0.29) is 19.1 Å². The van der Waals surface area contributed by atoms with Crippen LogP contribution in [0.4, 0.5) is 5.69 Å². The number of carbonyl (C=O) groups is 2. The normalized spacial score (nSPS) is 10.5. The highest BCUT2D eigenvalue weighted by atomic mass is 79.9. The molecule has 0 radical (unpaired) electrons. The first-order valence-electron chi connectivity index (χ1n) is 9.56. The average Bonchev–Trinajstić information content (AvgIpc) is 2.73. The standard InChI is InChI=1S/C18H19NO4.C6H3Br/c1-2-23-18(21)15-10-6-7-11-16(15)19-17(20)13-22-12-14-8-4-3-5-9-14;7-6-3-4-1-2-5(4)6/h3-11H,2,12-13H2,1H3,(H,19,20);1-3H. The third-order valence-electron chi connectivity index (χ3n) is 4.32. The molecule has 154 valence electrons. The summed E-state index contributed by atoms with van der Waals surface area (Å²) in [6.07, 6.45) is 0. The summed E-state index contributed by atoms with van der Waals surface area (Å²) >= 11 is 3.37. The van der Waals surface area contributed by atoms with Crippen LogP contribution in [-0.2, 0) is 20.9 Å². The van der Waals surface area contributed by atoms with Crippen molar-refractivity contribution in [2.75, 3.05) is 18.5 Å². The van der Waals surface area contributed by atoms with E-state index in [9.17, 15) is 9.59 Å². The lowest BCUT2D eigenvalue weighted by molar-refractivity contribution is -0.121. The Morgan fingerprint density at radius 3 is 2.27 bits per heavy atom. The van der Waals surface area contributed by atoms with Crippen LogP contribution in [0.5, 0.6) is 0 Å². The van der Waals surface area contributed by atoms with E-state index in [1.54, 1.807) is 31.2 Å². The van der Waals surface area contributed by atoms with E-state index in [1.807, 2.05) is 30.3 Å². The summed E-state index contributed by atoms with van der Waals surface area (Å²) in [6, 6.07) is 22.7. The summed E-state index contributed by atoms with van der Waals surface area (Å²) < 4.78 is 11.6. The molecule has 2 aromatic carbocycles. The lowest BCUT2D eigenvalue weighted by Crippen LogP contribution is -2.20. The monoisotopic (exact) mass is 467 g/mol. The van der Waals surface area contributed by atoms with Crippen LogP contribution in [0, 0.1) is 0 Å². The molecule has 0 saturated heterocycles. The van der Waals surface area contributed by atoms with E-state index in [2.05, 4.69) is 39.4 Å². The number of halogens is 1. The number of nitrogens with one attached hydrogen (secondary N) is 1. The maximum atomic E-state index is 11.9. The smallest absolute Gasteiger partial charge is 0.340 e. The molecule has 30 heavy (non-hydrogen) atoms. The van der Waals surface area contributed by atoms with Crippen molar-refractivity contribution in [2.24, 2.45) is 0 Å². The summed E-state index contributed by atoms with van der Waals surface area (Å²) in [5, 5.41) is 2.67. The molecular formula is C24H22BrNO4. The topological polar surface area (TPSA) is 64.6 Å². The van der Waals surface area contributed by atoms with Gasteiger partial charge in [-0.15, -0.1) is 0 Å². The van der Waals surface area contributed by atoms with Gasteiger partial charge < -0.3 is 14.8 Å². The summed E-state index contributed by atoms with van der Waals surface area (Å²) in [7, 11) is 0. The van der Waals surface area contributed by atoms with E-state index in [1.165, 1.54) is 15.6 Å². The van der Waals surface area contributed by atoms with Crippen LogP contribution in [0.1, 0.15) is 22.8 Å². The number of anilines is 1. The lowest BCUT2D eigenvalue weighted by Gasteiger charge is -2.15. The molecule has 2 aliphatic rings. The molecule has 1 N–H and O–H groups in total. The number of fused-ring (bicyclic) bond motifs is 1. The third kappa shape index (κ3) is 5.78. The fraction of sp³-hybridized carbons (Fsp3) is 0.167. The minimum absolute atomic E-state index is 0.0912. The largest absolute Gasteiger partial charge is 0.462 e. The number of ether oxygens (including phenoxy) is 2. The van der Waals surface area contributed by atoms with Gasteiger partial charge in [0.15, 0.2) is 0 Å². The number of hydrogen-bond acceptors (Lipinski definition) is 4. The average molecular weight is 468 g/mol. The van der Waals surface area contributed by atoms with E-state index >= 15 is 0 Å². The molecule has 0 spiro atoms. The van der Waals surface area contributed by atoms with Crippen LogP contribution < -0.4 is 5.32 Å². The molecular weight excluding hydrogens is 446 g/mol. The summed E-state index contributed by atoms with van der Waals surface area (Å²) in [4.78, 5) is 23.8. The molecule has 2 aromatic rings. The SMILES string of the molecule is Brc1cc2ccc1-2.CCOC(=O)c1ccccc1NC(=O)COCc1ccccc1. The molecule has 0 aliphatic heterocycles. The number of para-hydroxylation sites is 1. The van der Waals surface area contributed by atoms with Gasteiger partial charge in [-0.05, 0) is 41.8 Å². The number of amides is 1. The van der Waals surface area contributed by atoms with Crippen LogP contribution >= 0.6 is 15.9 Å². The zero-order chi connectivity index (χ0) is 21.3. The van der Waals surface area contributed by atoms with E-state index in [0.717, 1.165) is 5.56 Å². The second-order valence-electron chi connectivity index (χ2n) is 6.49. The highest BCUT2D eigenvalue weighted by Gasteiger charge is 2.14. The van der Waals surface area contributed by atoms with Gasteiger partial charge in [-0.2, -0.15) is 0 Å². The van der Waals surface area contributed by atoms with Crippen molar-refractivity contribution in [1.82, 2.24) is 0 Å². The van der Waals surface area contributed by atoms with Crippen molar-refractivity contribution in [3.05, 3.63) is 88.4 Å². The van der Waals surface area contributed by atoms with Gasteiger partial charge in [-0.25, -0.2) is 4.79 Å². The molecule has 6 heteroatoms. The third-order valence-corrected chi connectivity index (χ3v) is 4.98. The maximum absolute atomic E-state index is 11.9. The summed E-state index contributed by atoms with van der Waals surface area (Å²) in [6.45, 7) is 2.28. The van der Waals surface area contributed by atoms with Gasteiger partial charge in [0, 0.05) is 4.47 Å². The first-order chi connectivity index (χ1) is 14.6. The van der Waals surface area contributed by atoms with Crippen molar-refractivity contribution in [3.63, 3.8) is 0 Å². The van der Waals surface area contributed by atoms with Crippen molar-refractivity contribution < 1.29 is 19.1 Å². The van der Waals surface area contributed by atoms with E-state index in [0.29, 0.717) is 17.9 Å². The van der Waals surface area contributed by atoms with Gasteiger partial charge in [0.25, 0.3) is 0 Å². The van der Waals surface area contributed by atoms with Crippen LogP contribution in [-0.4, -0.2) is 25.1 Å². The molecule has 0 atom stereocenters. The predicted octanol–water partition coefficient (Wildman–Crippen LogP) is 5.45. The second kappa shape index (κ2) is 10.7. The maximum Gasteiger partial charge on any atom is 0.340 e. The van der Waals surface area contributed by atoms with Crippen LogP contribution in [0.15, 0.2) is 77.3 Å². The quantitative estimate of drug-likeness (QED) is 0.367. The minimum atomic E-state index is -0.464. The first kappa shape index (κ1) is 21.7. The molecule has 5 nitrogen and oxygen atoms in total. The molecule has 0 bridgehead atoms. The van der Waals surface area contributed by atoms with Crippen molar-refractivity contribution in [1.29, 1.82) is 0 Å². The van der Waals surface area contributed by atoms with Gasteiger partial charge in [0.2, 0.25) is 5.91 Å². The van der Waals surface area contributed by atoms with Crippen LogP contribution in [0.2, 0.25) is 0 Å². The number of rotatable bonds is 7. The van der Waals surface area contributed by atoms with Gasteiger partial charge in [0.1, 0.15) is 6.61 Å². The highest BCUT2D eigenvalue weighted by Crippen LogP contribution is 2.40. The number of benzene rings is 3. The Hall–Kier alpha value is -2.96. The number of hydrogen-bond donors (Lipinski definition) is 1. The highest BCUT2D eigenvalue weighted by molar-refractivity contribution is 9.10. The Morgan fingerprint density at radius 1 is 0.967 bits per heavy atom. The molecule has 0 heterocycles. The van der Waals surface area contributed by atoms with E-state index in [4.69, 9.17) is 9.47 Å². The first-order valence-corrected chi connectivity index (χ1v) is 10.4. The molecule has 0 fully saturated rings. The Bertz CT molecular complexity index is 1020. The fourth-order valence-electron chi connectivity index (χ4n) is 2.74. The van der Waals surface area contributed by atoms with Crippen molar-refractivity contribution in [2.45, 2.75) is 13.5 Å². The molecule has 4 rings (SSSR count). The zero-order valence-electron chi connectivity index (χ0n) is 16.6.